The number of hydrogen-bond acceptors (Lipinski definition) is 4. The third kappa shape index (κ3) is 3.71. The first-order valence-electron chi connectivity index (χ1n) is 6.58. The third-order valence-corrected chi connectivity index (χ3v) is 3.14. The predicted octanol–water partition coefficient (Wildman–Crippen LogP) is -0.0943. The maximum Gasteiger partial charge on any atom is 0.324 e. The summed E-state index contributed by atoms with van der Waals surface area (Å²) in [5.74, 6) is 0.187. The molecule has 4 amide bonds. The molecule has 2 rings (SSSR count). The molecule has 0 aromatic heterocycles. The van der Waals surface area contributed by atoms with E-state index in [1.807, 2.05) is 18.2 Å². The monoisotopic (exact) mass is 291 g/mol. The zero-order chi connectivity index (χ0) is 15.2. The Morgan fingerprint density at radius 3 is 2.81 bits per heavy atom. The van der Waals surface area contributed by atoms with E-state index in [-0.39, 0.29) is 37.9 Å². The van der Waals surface area contributed by atoms with Gasteiger partial charge in [0.15, 0.2) is 0 Å². The van der Waals surface area contributed by atoms with Crippen molar-refractivity contribution in [3.63, 3.8) is 0 Å². The molecule has 0 saturated carbocycles. The minimum Gasteiger partial charge on any atom is -0.496 e. The van der Waals surface area contributed by atoms with Crippen molar-refractivity contribution in [1.29, 1.82) is 0 Å². The van der Waals surface area contributed by atoms with Gasteiger partial charge in [0.2, 0.25) is 11.8 Å². The van der Waals surface area contributed by atoms with Crippen LogP contribution in [0.5, 0.6) is 5.75 Å². The summed E-state index contributed by atoms with van der Waals surface area (Å²) < 4.78 is 5.17. The Kier molecular flexibility index (Phi) is 4.76. The molecule has 7 heteroatoms. The van der Waals surface area contributed by atoms with E-state index in [9.17, 15) is 14.4 Å². The number of benzene rings is 1. The highest BCUT2D eigenvalue weighted by molar-refractivity contribution is 6.01. The highest BCUT2D eigenvalue weighted by Crippen LogP contribution is 2.17. The van der Waals surface area contributed by atoms with Gasteiger partial charge in [-0.2, -0.15) is 0 Å². The number of imide groups is 1. The van der Waals surface area contributed by atoms with Gasteiger partial charge in [0.05, 0.1) is 20.1 Å². The Hall–Kier alpha value is -2.57. The topological polar surface area (TPSA) is 87.7 Å². The predicted molar refractivity (Wildman–Crippen MR) is 74.8 cm³/mol. The number of nitrogens with zero attached hydrogens (tertiary/aromatic N) is 1. The summed E-state index contributed by atoms with van der Waals surface area (Å²) in [5.41, 5.74) is 0.785. The van der Waals surface area contributed by atoms with Crippen LogP contribution in [0, 0.1) is 0 Å². The largest absolute Gasteiger partial charge is 0.496 e. The average molecular weight is 291 g/mol. The molecular formula is C14H17N3O4. The molecule has 0 aliphatic carbocycles. The Bertz CT molecular complexity index is 543. The molecule has 0 spiro atoms. The molecule has 112 valence electrons. The number of methoxy groups -OCH3 is 1. The number of ether oxygens (including phenoxy) is 1. The molecule has 1 saturated heterocycles. The molecule has 1 fully saturated rings. The molecule has 21 heavy (non-hydrogen) atoms. The molecule has 7 nitrogen and oxygen atoms in total. The summed E-state index contributed by atoms with van der Waals surface area (Å²) in [5, 5.41) is 5.10. The van der Waals surface area contributed by atoms with Gasteiger partial charge in [-0.25, -0.2) is 4.79 Å². The number of nitrogens with one attached hydrogen (secondary N) is 2. The zero-order valence-electron chi connectivity index (χ0n) is 11.7. The van der Waals surface area contributed by atoms with Crippen molar-refractivity contribution in [3.05, 3.63) is 29.8 Å². The molecule has 0 unspecified atom stereocenters. The SMILES string of the molecule is COc1ccccc1CC(=O)NCCN1C(=O)CNC1=O. The first-order valence-corrected chi connectivity index (χ1v) is 6.58. The lowest BCUT2D eigenvalue weighted by Crippen LogP contribution is -2.39. The maximum absolute atomic E-state index is 11.8. The normalized spacial score (nSPS) is 14.0. The standard InChI is InChI=1S/C14H17N3O4/c1-21-11-5-3-2-4-10(11)8-12(18)15-6-7-17-13(19)9-16-14(17)20/h2-5H,6-9H2,1H3,(H,15,18)(H,16,20). The number of carbonyl (C=O) groups excluding carboxylic acids is 3. The van der Waals surface area contributed by atoms with Crippen molar-refractivity contribution in [3.8, 4) is 5.75 Å². The Morgan fingerprint density at radius 1 is 1.38 bits per heavy atom. The fourth-order valence-corrected chi connectivity index (χ4v) is 2.07. The molecular weight excluding hydrogens is 274 g/mol. The molecule has 0 atom stereocenters. The van der Waals surface area contributed by atoms with Gasteiger partial charge in [-0.1, -0.05) is 18.2 Å². The van der Waals surface area contributed by atoms with E-state index in [0.29, 0.717) is 5.75 Å². The Morgan fingerprint density at radius 2 is 2.14 bits per heavy atom. The van der Waals surface area contributed by atoms with E-state index < -0.39 is 6.03 Å². The van der Waals surface area contributed by atoms with Crippen LogP contribution in [0.2, 0.25) is 0 Å². The number of rotatable bonds is 6. The van der Waals surface area contributed by atoms with Gasteiger partial charge in [0.25, 0.3) is 0 Å². The summed E-state index contributed by atoms with van der Waals surface area (Å²) in [4.78, 5) is 35.6. The van der Waals surface area contributed by atoms with Gasteiger partial charge >= 0.3 is 6.03 Å². The second-order valence-electron chi connectivity index (χ2n) is 4.54. The lowest BCUT2D eigenvalue weighted by molar-refractivity contribution is -0.125. The number of carbonyl (C=O) groups is 3. The Balaban J connectivity index is 1.80. The van der Waals surface area contributed by atoms with E-state index in [2.05, 4.69) is 10.6 Å². The van der Waals surface area contributed by atoms with Crippen LogP contribution in [0.25, 0.3) is 0 Å². The van der Waals surface area contributed by atoms with E-state index in [0.717, 1.165) is 10.5 Å². The lowest BCUT2D eigenvalue weighted by Gasteiger charge is -2.13. The molecule has 1 aromatic carbocycles. The van der Waals surface area contributed by atoms with Crippen LogP contribution in [-0.4, -0.2) is 49.5 Å². The minimum atomic E-state index is -0.418. The van der Waals surface area contributed by atoms with Crippen LogP contribution >= 0.6 is 0 Å². The molecule has 1 heterocycles. The molecule has 1 aromatic rings. The number of urea groups is 1. The van der Waals surface area contributed by atoms with Crippen LogP contribution in [0.15, 0.2) is 24.3 Å². The number of amides is 4. The first kappa shape index (κ1) is 14.8. The quantitative estimate of drug-likeness (QED) is 0.717. The smallest absolute Gasteiger partial charge is 0.324 e. The van der Waals surface area contributed by atoms with Crippen LogP contribution in [0.3, 0.4) is 0 Å². The van der Waals surface area contributed by atoms with Crippen molar-refractivity contribution in [2.45, 2.75) is 6.42 Å². The maximum atomic E-state index is 11.8. The summed E-state index contributed by atoms with van der Waals surface area (Å²) in [6, 6.07) is 6.85. The van der Waals surface area contributed by atoms with E-state index >= 15 is 0 Å². The molecule has 1 aliphatic rings. The summed E-state index contributed by atoms with van der Waals surface area (Å²) in [6.45, 7) is 0.420. The van der Waals surface area contributed by atoms with E-state index in [4.69, 9.17) is 4.74 Å². The first-order chi connectivity index (χ1) is 10.1. The summed E-state index contributed by atoms with van der Waals surface area (Å²) in [7, 11) is 1.55. The van der Waals surface area contributed by atoms with Gasteiger partial charge in [0.1, 0.15) is 5.75 Å². The van der Waals surface area contributed by atoms with Gasteiger partial charge in [0, 0.05) is 18.7 Å². The van der Waals surface area contributed by atoms with Crippen LogP contribution in [0.1, 0.15) is 5.56 Å². The molecule has 0 radical (unpaired) electrons. The van der Waals surface area contributed by atoms with Crippen LogP contribution in [-0.2, 0) is 16.0 Å². The molecule has 1 aliphatic heterocycles. The Labute approximate surface area is 122 Å². The minimum absolute atomic E-state index is 0.0218. The summed E-state index contributed by atoms with van der Waals surface area (Å²) in [6.07, 6.45) is 0.185. The van der Waals surface area contributed by atoms with Crippen molar-refractivity contribution in [2.75, 3.05) is 26.7 Å². The van der Waals surface area contributed by atoms with Crippen molar-refractivity contribution in [2.24, 2.45) is 0 Å². The summed E-state index contributed by atoms with van der Waals surface area (Å²) >= 11 is 0. The van der Waals surface area contributed by atoms with Crippen molar-refractivity contribution < 1.29 is 19.1 Å². The van der Waals surface area contributed by atoms with Crippen molar-refractivity contribution >= 4 is 17.8 Å². The second-order valence-corrected chi connectivity index (χ2v) is 4.54. The lowest BCUT2D eigenvalue weighted by atomic mass is 10.1. The zero-order valence-corrected chi connectivity index (χ0v) is 11.7. The van der Waals surface area contributed by atoms with E-state index in [1.54, 1.807) is 13.2 Å². The fourth-order valence-electron chi connectivity index (χ4n) is 2.07. The van der Waals surface area contributed by atoms with Gasteiger partial charge < -0.3 is 15.4 Å². The highest BCUT2D eigenvalue weighted by atomic mass is 16.5. The number of hydrogen-bond donors (Lipinski definition) is 2. The van der Waals surface area contributed by atoms with Crippen molar-refractivity contribution in [1.82, 2.24) is 15.5 Å². The third-order valence-electron chi connectivity index (χ3n) is 3.14. The van der Waals surface area contributed by atoms with Gasteiger partial charge in [-0.15, -0.1) is 0 Å². The number of para-hydroxylation sites is 1. The highest BCUT2D eigenvalue weighted by Gasteiger charge is 2.27. The molecule has 0 bridgehead atoms. The van der Waals surface area contributed by atoms with Crippen LogP contribution < -0.4 is 15.4 Å². The molecule has 2 N–H and O–H groups in total. The van der Waals surface area contributed by atoms with Gasteiger partial charge in [-0.05, 0) is 6.07 Å². The fraction of sp³-hybridized carbons (Fsp3) is 0.357. The average Bonchev–Trinajstić information content (AvgIpc) is 2.79. The van der Waals surface area contributed by atoms with E-state index in [1.165, 1.54) is 0 Å². The second kappa shape index (κ2) is 6.74. The van der Waals surface area contributed by atoms with Gasteiger partial charge in [-0.3, -0.25) is 14.5 Å². The van der Waals surface area contributed by atoms with Crippen LogP contribution in [0.4, 0.5) is 4.79 Å².